The van der Waals surface area contributed by atoms with E-state index in [0.29, 0.717) is 45.7 Å². The minimum atomic E-state index is -3.84. The maximum absolute atomic E-state index is 13.1. The Morgan fingerprint density at radius 3 is 2.40 bits per heavy atom. The number of carbonyl (C=O) groups is 1. The predicted octanol–water partition coefficient (Wildman–Crippen LogP) is 4.38. The molecule has 2 N–H and O–H groups in total. The topological polar surface area (TPSA) is 111 Å². The summed E-state index contributed by atoms with van der Waals surface area (Å²) >= 11 is 6.49. The number of carbonyl (C=O) groups excluding carboxylic acids is 1. The van der Waals surface area contributed by atoms with E-state index in [4.69, 9.17) is 26.2 Å². The Labute approximate surface area is 208 Å². The highest BCUT2D eigenvalue weighted by Crippen LogP contribution is 2.38. The summed E-state index contributed by atoms with van der Waals surface area (Å²) in [5, 5.41) is 11.0. The Morgan fingerprint density at radius 1 is 1.09 bits per heavy atom. The summed E-state index contributed by atoms with van der Waals surface area (Å²) in [4.78, 5) is 13.0. The maximum atomic E-state index is 13.1. The van der Waals surface area contributed by atoms with E-state index in [0.717, 1.165) is 5.56 Å². The number of hydrogen-bond acceptors (Lipinski definition) is 6. The Balaban J connectivity index is 1.58. The quantitative estimate of drug-likeness (QED) is 0.473. The van der Waals surface area contributed by atoms with Crippen molar-refractivity contribution >= 4 is 45.0 Å². The van der Waals surface area contributed by atoms with Crippen molar-refractivity contribution in [3.63, 3.8) is 0 Å². The molecule has 0 saturated carbocycles. The smallest absolute Gasteiger partial charge is 0.280 e. The third-order valence-electron chi connectivity index (χ3n) is 5.26. The summed E-state index contributed by atoms with van der Waals surface area (Å²) in [6.07, 6.45) is 1.66. The van der Waals surface area contributed by atoms with Crippen LogP contribution in [-0.2, 0) is 21.4 Å². The first-order valence-corrected chi connectivity index (χ1v) is 12.4. The third-order valence-corrected chi connectivity index (χ3v) is 6.47. The van der Waals surface area contributed by atoms with Gasteiger partial charge in [-0.15, -0.1) is 0 Å². The van der Waals surface area contributed by atoms with Crippen LogP contribution in [0.3, 0.4) is 0 Å². The van der Waals surface area contributed by atoms with Gasteiger partial charge in [0.1, 0.15) is 6.61 Å². The molecule has 3 aromatic rings. The van der Waals surface area contributed by atoms with Crippen molar-refractivity contribution in [1.82, 2.24) is 0 Å². The summed E-state index contributed by atoms with van der Waals surface area (Å²) in [5.41, 5.74) is 2.87. The van der Waals surface area contributed by atoms with Crippen LogP contribution in [0.5, 0.6) is 11.5 Å². The van der Waals surface area contributed by atoms with Crippen molar-refractivity contribution in [3.05, 3.63) is 88.5 Å². The first-order valence-electron chi connectivity index (χ1n) is 10.5. The number of primary sulfonamides is 1. The van der Waals surface area contributed by atoms with Gasteiger partial charge in [-0.25, -0.2) is 13.6 Å². The molecule has 35 heavy (non-hydrogen) atoms. The van der Waals surface area contributed by atoms with Crippen LogP contribution in [0.4, 0.5) is 5.69 Å². The second-order valence-corrected chi connectivity index (χ2v) is 9.68. The number of hydrazone groups is 1. The Bertz CT molecular complexity index is 1440. The van der Waals surface area contributed by atoms with Gasteiger partial charge >= 0.3 is 0 Å². The molecule has 0 saturated heterocycles. The molecule has 8 nitrogen and oxygen atoms in total. The van der Waals surface area contributed by atoms with Gasteiger partial charge in [-0.3, -0.25) is 4.79 Å². The molecule has 0 fully saturated rings. The Morgan fingerprint density at radius 2 is 1.77 bits per heavy atom. The molecule has 1 aliphatic rings. The van der Waals surface area contributed by atoms with Gasteiger partial charge < -0.3 is 9.47 Å². The second kappa shape index (κ2) is 9.91. The van der Waals surface area contributed by atoms with Crippen LogP contribution in [0, 0.1) is 0 Å². The van der Waals surface area contributed by atoms with E-state index in [1.807, 2.05) is 30.3 Å². The minimum absolute atomic E-state index is 0.0549. The largest absolute Gasteiger partial charge is 0.493 e. The number of ether oxygens (including phenoxy) is 2. The molecule has 0 radical (unpaired) electrons. The summed E-state index contributed by atoms with van der Waals surface area (Å²) in [7, 11) is -2.33. The van der Waals surface area contributed by atoms with Crippen molar-refractivity contribution in [1.29, 1.82) is 0 Å². The molecule has 180 valence electrons. The van der Waals surface area contributed by atoms with Crippen molar-refractivity contribution in [3.8, 4) is 11.5 Å². The van der Waals surface area contributed by atoms with Crippen LogP contribution in [0.2, 0.25) is 5.02 Å². The van der Waals surface area contributed by atoms with Crippen LogP contribution in [0.15, 0.2) is 82.3 Å². The first kappa shape index (κ1) is 24.5. The normalized spacial score (nSPS) is 14.9. The standard InChI is InChI=1S/C25H22ClN3O5S/c1-16-21(25(30)29(28-16)19-8-10-20(11-9-19)35(27,31)32)12-18-13-22(26)24(23(14-18)33-2)34-15-17-6-4-3-5-7-17/h3-14H,15H2,1-2H3,(H2,27,31,32). The second-order valence-electron chi connectivity index (χ2n) is 7.71. The summed E-state index contributed by atoms with van der Waals surface area (Å²) in [6.45, 7) is 2.03. The number of hydrogen-bond donors (Lipinski definition) is 1. The summed E-state index contributed by atoms with van der Waals surface area (Å²) < 4.78 is 34.3. The summed E-state index contributed by atoms with van der Waals surface area (Å²) in [6, 6.07) is 18.7. The molecule has 0 spiro atoms. The lowest BCUT2D eigenvalue weighted by Crippen LogP contribution is -2.21. The number of anilines is 1. The molecule has 1 aliphatic heterocycles. The fraction of sp³-hybridized carbons (Fsp3) is 0.120. The molecular weight excluding hydrogens is 490 g/mol. The Hall–Kier alpha value is -3.66. The number of benzene rings is 3. The van der Waals surface area contributed by atoms with Crippen molar-refractivity contribution in [2.24, 2.45) is 10.2 Å². The van der Waals surface area contributed by atoms with Gasteiger partial charge in [-0.05, 0) is 60.5 Å². The van der Waals surface area contributed by atoms with Crippen LogP contribution in [-0.4, -0.2) is 27.1 Å². The first-order chi connectivity index (χ1) is 16.7. The highest BCUT2D eigenvalue weighted by Gasteiger charge is 2.29. The van der Waals surface area contributed by atoms with Crippen LogP contribution in [0.25, 0.3) is 6.08 Å². The van der Waals surface area contributed by atoms with Gasteiger partial charge in [-0.1, -0.05) is 41.9 Å². The lowest BCUT2D eigenvalue weighted by molar-refractivity contribution is -0.114. The molecule has 1 amide bonds. The van der Waals surface area contributed by atoms with E-state index >= 15 is 0 Å². The predicted molar refractivity (Wildman–Crippen MR) is 135 cm³/mol. The third kappa shape index (κ3) is 5.37. The molecule has 0 atom stereocenters. The molecule has 1 heterocycles. The van der Waals surface area contributed by atoms with E-state index in [1.165, 1.54) is 36.4 Å². The minimum Gasteiger partial charge on any atom is -0.493 e. The van der Waals surface area contributed by atoms with Gasteiger partial charge in [-0.2, -0.15) is 10.1 Å². The fourth-order valence-electron chi connectivity index (χ4n) is 3.50. The molecular formula is C25H22ClN3O5S. The van der Waals surface area contributed by atoms with Crippen LogP contribution in [0.1, 0.15) is 18.1 Å². The fourth-order valence-corrected chi connectivity index (χ4v) is 4.29. The molecule has 4 rings (SSSR count). The number of sulfonamides is 1. The van der Waals surface area contributed by atoms with E-state index in [-0.39, 0.29) is 10.8 Å². The van der Waals surface area contributed by atoms with Crippen molar-refractivity contribution < 1.29 is 22.7 Å². The van der Waals surface area contributed by atoms with Crippen LogP contribution >= 0.6 is 11.6 Å². The summed E-state index contributed by atoms with van der Waals surface area (Å²) in [5.74, 6) is 0.459. The van der Waals surface area contributed by atoms with E-state index in [1.54, 1.807) is 25.1 Å². The molecule has 0 bridgehead atoms. The SMILES string of the molecule is COc1cc(C=C2C(=O)N(c3ccc(S(N)(=O)=O)cc3)N=C2C)cc(Cl)c1OCc1ccccc1. The molecule has 0 unspecified atom stereocenters. The van der Waals surface area contributed by atoms with Gasteiger partial charge in [0.25, 0.3) is 5.91 Å². The molecule has 0 aliphatic carbocycles. The van der Waals surface area contributed by atoms with E-state index in [9.17, 15) is 13.2 Å². The Kier molecular flexibility index (Phi) is 6.93. The van der Waals surface area contributed by atoms with Gasteiger partial charge in [0.05, 0.1) is 34.0 Å². The zero-order chi connectivity index (χ0) is 25.2. The lowest BCUT2D eigenvalue weighted by Gasteiger charge is -2.14. The number of halogens is 1. The highest BCUT2D eigenvalue weighted by molar-refractivity contribution is 7.89. The van der Waals surface area contributed by atoms with Gasteiger partial charge in [0.15, 0.2) is 11.5 Å². The monoisotopic (exact) mass is 511 g/mol. The number of rotatable bonds is 7. The lowest BCUT2D eigenvalue weighted by atomic mass is 10.1. The number of nitrogens with two attached hydrogens (primary N) is 1. The highest BCUT2D eigenvalue weighted by atomic mass is 35.5. The molecule has 3 aromatic carbocycles. The van der Waals surface area contributed by atoms with Crippen LogP contribution < -0.4 is 19.6 Å². The van der Waals surface area contributed by atoms with E-state index in [2.05, 4.69) is 5.10 Å². The van der Waals surface area contributed by atoms with Gasteiger partial charge in [0, 0.05) is 0 Å². The van der Waals surface area contributed by atoms with Crippen molar-refractivity contribution in [2.75, 3.05) is 12.1 Å². The van der Waals surface area contributed by atoms with E-state index < -0.39 is 10.0 Å². The zero-order valence-corrected chi connectivity index (χ0v) is 20.5. The molecule has 10 heteroatoms. The number of nitrogens with zero attached hydrogens (tertiary/aromatic N) is 2. The zero-order valence-electron chi connectivity index (χ0n) is 18.9. The number of methoxy groups -OCH3 is 1. The average Bonchev–Trinajstić information content (AvgIpc) is 3.11. The van der Waals surface area contributed by atoms with Crippen molar-refractivity contribution in [2.45, 2.75) is 18.4 Å². The van der Waals surface area contributed by atoms with Gasteiger partial charge in [0.2, 0.25) is 10.0 Å². The average molecular weight is 512 g/mol. The maximum Gasteiger partial charge on any atom is 0.280 e. The molecule has 0 aromatic heterocycles. The number of amides is 1.